The first-order chi connectivity index (χ1) is 15.0. The first kappa shape index (κ1) is 25.7. The van der Waals surface area contributed by atoms with Crippen molar-refractivity contribution in [1.29, 1.82) is 0 Å². The smallest absolute Gasteiger partial charge is 0.252 e. The summed E-state index contributed by atoms with van der Waals surface area (Å²) in [5.41, 5.74) is 0.389. The minimum atomic E-state index is -0.650. The number of carbonyl (C=O) groups is 3. The van der Waals surface area contributed by atoms with Gasteiger partial charge < -0.3 is 20.3 Å². The molecule has 178 valence electrons. The molecular weight excluding hydrogens is 406 g/mol. The van der Waals surface area contributed by atoms with Crippen LogP contribution in [0.25, 0.3) is 0 Å². The van der Waals surface area contributed by atoms with E-state index in [1.165, 1.54) is 0 Å². The molecule has 1 saturated heterocycles. The largest absolute Gasteiger partial charge is 0.497 e. The van der Waals surface area contributed by atoms with E-state index in [0.29, 0.717) is 43.7 Å². The summed E-state index contributed by atoms with van der Waals surface area (Å²) in [6, 6.07) is 6.26. The highest BCUT2D eigenvalue weighted by molar-refractivity contribution is 5.98. The molecule has 1 aromatic carbocycles. The fourth-order valence-corrected chi connectivity index (χ4v) is 3.87. The van der Waals surface area contributed by atoms with Crippen LogP contribution in [0.1, 0.15) is 70.7 Å². The Kier molecular flexibility index (Phi) is 9.10. The van der Waals surface area contributed by atoms with E-state index in [1.54, 1.807) is 31.4 Å². The van der Waals surface area contributed by atoms with Gasteiger partial charge in [0.1, 0.15) is 11.8 Å². The van der Waals surface area contributed by atoms with E-state index >= 15 is 0 Å². The second-order valence-electron chi connectivity index (χ2n) is 9.96. The van der Waals surface area contributed by atoms with Crippen LogP contribution in [0.5, 0.6) is 5.75 Å². The summed E-state index contributed by atoms with van der Waals surface area (Å²) in [6.07, 6.45) is 2.66. The van der Waals surface area contributed by atoms with E-state index in [1.807, 2.05) is 18.7 Å². The molecule has 0 saturated carbocycles. The fraction of sp³-hybridized carbons (Fsp3) is 0.640. The maximum Gasteiger partial charge on any atom is 0.252 e. The predicted octanol–water partition coefficient (Wildman–Crippen LogP) is 3.38. The van der Waals surface area contributed by atoms with E-state index in [2.05, 4.69) is 31.4 Å². The van der Waals surface area contributed by atoms with E-state index in [4.69, 9.17) is 4.74 Å². The van der Waals surface area contributed by atoms with E-state index in [9.17, 15) is 14.4 Å². The Morgan fingerprint density at radius 2 is 1.81 bits per heavy atom. The number of amides is 3. The Morgan fingerprint density at radius 1 is 1.16 bits per heavy atom. The summed E-state index contributed by atoms with van der Waals surface area (Å²) in [7, 11) is 1.55. The quantitative estimate of drug-likeness (QED) is 0.642. The Morgan fingerprint density at radius 3 is 2.38 bits per heavy atom. The van der Waals surface area contributed by atoms with Gasteiger partial charge in [0, 0.05) is 31.1 Å². The number of benzene rings is 1. The second kappa shape index (κ2) is 11.3. The van der Waals surface area contributed by atoms with Crippen LogP contribution in [0.3, 0.4) is 0 Å². The summed E-state index contributed by atoms with van der Waals surface area (Å²) in [5.74, 6) is 0.225. The zero-order chi connectivity index (χ0) is 23.9. The van der Waals surface area contributed by atoms with Gasteiger partial charge in [0.05, 0.1) is 7.11 Å². The average molecular weight is 446 g/mol. The van der Waals surface area contributed by atoms with Gasteiger partial charge in [-0.1, -0.05) is 33.8 Å². The van der Waals surface area contributed by atoms with Crippen molar-refractivity contribution in [3.05, 3.63) is 29.8 Å². The van der Waals surface area contributed by atoms with E-state index in [-0.39, 0.29) is 35.1 Å². The first-order valence-electron chi connectivity index (χ1n) is 11.6. The summed E-state index contributed by atoms with van der Waals surface area (Å²) in [5, 5.41) is 5.97. The van der Waals surface area contributed by atoms with Crippen LogP contribution in [0, 0.1) is 11.3 Å². The molecule has 0 spiro atoms. The number of piperidine rings is 1. The molecule has 0 aromatic heterocycles. The third kappa shape index (κ3) is 7.53. The second-order valence-corrected chi connectivity index (χ2v) is 9.96. The molecule has 1 aliphatic heterocycles. The maximum atomic E-state index is 13.1. The Hall–Kier alpha value is -2.57. The molecule has 0 unspecified atom stereocenters. The molecule has 2 N–H and O–H groups in total. The normalized spacial score (nSPS) is 16.8. The third-order valence-electron chi connectivity index (χ3n) is 5.95. The zero-order valence-corrected chi connectivity index (χ0v) is 20.4. The number of rotatable bonds is 8. The molecule has 1 fully saturated rings. The molecule has 1 heterocycles. The van der Waals surface area contributed by atoms with Crippen molar-refractivity contribution in [2.45, 2.75) is 72.4 Å². The van der Waals surface area contributed by atoms with Crippen LogP contribution < -0.4 is 15.4 Å². The Bertz CT molecular complexity index is 795. The number of carbonyl (C=O) groups excluding carboxylic acids is 3. The molecule has 2 atom stereocenters. The SMILES string of the molecule is CC[C@@H](C)NC(=O)[C@H](NC(=O)c1cccc(OC)c1)C1CCN(C(=O)CC(C)(C)C)CC1. The topological polar surface area (TPSA) is 87.7 Å². The van der Waals surface area contributed by atoms with Crippen LogP contribution in [0.15, 0.2) is 24.3 Å². The highest BCUT2D eigenvalue weighted by Gasteiger charge is 2.35. The van der Waals surface area contributed by atoms with Crippen molar-refractivity contribution in [3.8, 4) is 5.75 Å². The summed E-state index contributed by atoms with van der Waals surface area (Å²) < 4.78 is 5.21. The van der Waals surface area contributed by atoms with Gasteiger partial charge >= 0.3 is 0 Å². The van der Waals surface area contributed by atoms with Crippen molar-refractivity contribution in [1.82, 2.24) is 15.5 Å². The molecular formula is C25H39N3O4. The number of nitrogens with zero attached hydrogens (tertiary/aromatic N) is 1. The van der Waals surface area contributed by atoms with Crippen LogP contribution in [-0.2, 0) is 9.59 Å². The lowest BCUT2D eigenvalue weighted by molar-refractivity contribution is -0.134. The number of hydrogen-bond acceptors (Lipinski definition) is 4. The van der Waals surface area contributed by atoms with Gasteiger partial charge in [-0.05, 0) is 55.7 Å². The van der Waals surface area contributed by atoms with Crippen molar-refractivity contribution >= 4 is 17.7 Å². The number of hydrogen-bond donors (Lipinski definition) is 2. The van der Waals surface area contributed by atoms with E-state index in [0.717, 1.165) is 6.42 Å². The third-order valence-corrected chi connectivity index (χ3v) is 5.95. The van der Waals surface area contributed by atoms with Crippen molar-refractivity contribution in [2.24, 2.45) is 11.3 Å². The first-order valence-corrected chi connectivity index (χ1v) is 11.6. The number of methoxy groups -OCH3 is 1. The lowest BCUT2D eigenvalue weighted by atomic mass is 9.87. The Balaban J connectivity index is 2.11. The number of likely N-dealkylation sites (tertiary alicyclic amines) is 1. The Labute approximate surface area is 192 Å². The minimum Gasteiger partial charge on any atom is -0.497 e. The van der Waals surface area contributed by atoms with E-state index < -0.39 is 6.04 Å². The molecule has 3 amide bonds. The van der Waals surface area contributed by atoms with Crippen molar-refractivity contribution in [2.75, 3.05) is 20.2 Å². The molecule has 32 heavy (non-hydrogen) atoms. The number of nitrogens with one attached hydrogen (secondary N) is 2. The van der Waals surface area contributed by atoms with Gasteiger partial charge in [-0.25, -0.2) is 0 Å². The average Bonchev–Trinajstić information content (AvgIpc) is 2.76. The van der Waals surface area contributed by atoms with Crippen LogP contribution >= 0.6 is 0 Å². The van der Waals surface area contributed by atoms with Gasteiger partial charge in [-0.3, -0.25) is 14.4 Å². The maximum absolute atomic E-state index is 13.1. The summed E-state index contributed by atoms with van der Waals surface area (Å²) in [6.45, 7) is 11.3. The highest BCUT2D eigenvalue weighted by atomic mass is 16.5. The molecule has 1 aliphatic rings. The van der Waals surface area contributed by atoms with Gasteiger partial charge in [0.15, 0.2) is 0 Å². The number of ether oxygens (including phenoxy) is 1. The lowest BCUT2D eigenvalue weighted by Gasteiger charge is -2.37. The van der Waals surface area contributed by atoms with Gasteiger partial charge in [0.2, 0.25) is 11.8 Å². The zero-order valence-electron chi connectivity index (χ0n) is 20.4. The molecule has 7 heteroatoms. The minimum absolute atomic E-state index is 0.0205. The van der Waals surface area contributed by atoms with Crippen molar-refractivity contribution < 1.29 is 19.1 Å². The van der Waals surface area contributed by atoms with Gasteiger partial charge in [-0.2, -0.15) is 0 Å². The molecule has 0 radical (unpaired) electrons. The monoisotopic (exact) mass is 445 g/mol. The molecule has 1 aromatic rings. The van der Waals surface area contributed by atoms with Crippen LogP contribution in [0.2, 0.25) is 0 Å². The highest BCUT2D eigenvalue weighted by Crippen LogP contribution is 2.25. The summed E-state index contributed by atoms with van der Waals surface area (Å²) in [4.78, 5) is 40.5. The van der Waals surface area contributed by atoms with Crippen LogP contribution in [-0.4, -0.2) is 54.9 Å². The standard InChI is InChI=1S/C25H39N3O4/c1-7-17(2)26-24(31)22(27-23(30)19-9-8-10-20(15-19)32-6)18-11-13-28(14-12-18)21(29)16-25(3,4)5/h8-10,15,17-18,22H,7,11-14,16H2,1-6H3,(H,26,31)(H,27,30)/t17-,22-/m1/s1. The predicted molar refractivity (Wildman–Crippen MR) is 126 cm³/mol. The molecule has 0 aliphatic carbocycles. The van der Waals surface area contributed by atoms with Crippen molar-refractivity contribution in [3.63, 3.8) is 0 Å². The molecule has 0 bridgehead atoms. The molecule has 7 nitrogen and oxygen atoms in total. The fourth-order valence-electron chi connectivity index (χ4n) is 3.87. The lowest BCUT2D eigenvalue weighted by Crippen LogP contribution is -2.55. The van der Waals surface area contributed by atoms with Gasteiger partial charge in [0.25, 0.3) is 5.91 Å². The van der Waals surface area contributed by atoms with Gasteiger partial charge in [-0.15, -0.1) is 0 Å². The molecule has 2 rings (SSSR count). The summed E-state index contributed by atoms with van der Waals surface area (Å²) >= 11 is 0. The van der Waals surface area contributed by atoms with Crippen LogP contribution in [0.4, 0.5) is 0 Å².